The summed E-state index contributed by atoms with van der Waals surface area (Å²) in [6.07, 6.45) is -0.301. The first-order valence-electron chi connectivity index (χ1n) is 6.19. The number of carbonyl (C=O) groups excluding carboxylic acids is 1. The molecule has 0 radical (unpaired) electrons. The van der Waals surface area contributed by atoms with E-state index in [0.717, 1.165) is 21.2 Å². The highest BCUT2D eigenvalue weighted by Crippen LogP contribution is 2.30. The molecule has 0 bridgehead atoms. The third-order valence-electron chi connectivity index (χ3n) is 2.91. The molecular formula is C14H18BrNO3. The van der Waals surface area contributed by atoms with E-state index in [4.69, 9.17) is 4.74 Å². The Morgan fingerprint density at radius 2 is 1.95 bits per heavy atom. The maximum atomic E-state index is 12.0. The van der Waals surface area contributed by atoms with E-state index in [2.05, 4.69) is 15.9 Å². The SMILES string of the molecule is CC(C)(C)OC(=O)N1Cc2cc(Br)c(CO)cc2C1. The number of nitrogens with zero attached hydrogens (tertiary/aromatic N) is 1. The molecule has 0 spiro atoms. The number of aliphatic hydroxyl groups is 1. The third kappa shape index (κ3) is 3.28. The summed E-state index contributed by atoms with van der Waals surface area (Å²) in [6.45, 7) is 6.64. The average molecular weight is 328 g/mol. The van der Waals surface area contributed by atoms with Crippen LogP contribution in [0.3, 0.4) is 0 Å². The first kappa shape index (κ1) is 14.3. The van der Waals surface area contributed by atoms with E-state index in [-0.39, 0.29) is 12.7 Å². The van der Waals surface area contributed by atoms with Crippen molar-refractivity contribution in [3.05, 3.63) is 33.3 Å². The molecular weight excluding hydrogens is 310 g/mol. The van der Waals surface area contributed by atoms with E-state index >= 15 is 0 Å². The van der Waals surface area contributed by atoms with Gasteiger partial charge in [0.1, 0.15) is 5.60 Å². The Balaban J connectivity index is 2.14. The van der Waals surface area contributed by atoms with Gasteiger partial charge in [-0.25, -0.2) is 4.79 Å². The second-order valence-corrected chi connectivity index (χ2v) is 6.56. The lowest BCUT2D eigenvalue weighted by Crippen LogP contribution is -2.33. The number of amides is 1. The first-order chi connectivity index (χ1) is 8.80. The number of carbonyl (C=O) groups is 1. The number of hydrogen-bond donors (Lipinski definition) is 1. The molecule has 0 saturated heterocycles. The van der Waals surface area contributed by atoms with Crippen LogP contribution in [-0.4, -0.2) is 21.7 Å². The van der Waals surface area contributed by atoms with Crippen LogP contribution in [0.15, 0.2) is 16.6 Å². The molecule has 1 aromatic rings. The van der Waals surface area contributed by atoms with Crippen LogP contribution in [0.5, 0.6) is 0 Å². The average Bonchev–Trinajstić information content (AvgIpc) is 2.68. The lowest BCUT2D eigenvalue weighted by Gasteiger charge is -2.24. The van der Waals surface area contributed by atoms with Crippen LogP contribution in [-0.2, 0) is 24.4 Å². The molecule has 1 N–H and O–H groups in total. The number of aliphatic hydroxyl groups excluding tert-OH is 1. The maximum absolute atomic E-state index is 12.0. The Bertz CT molecular complexity index is 508. The van der Waals surface area contributed by atoms with Gasteiger partial charge in [-0.1, -0.05) is 22.0 Å². The highest BCUT2D eigenvalue weighted by atomic mass is 79.9. The van der Waals surface area contributed by atoms with Crippen molar-refractivity contribution in [2.75, 3.05) is 0 Å². The minimum Gasteiger partial charge on any atom is -0.444 e. The molecule has 0 saturated carbocycles. The largest absolute Gasteiger partial charge is 0.444 e. The van der Waals surface area contributed by atoms with Crippen molar-refractivity contribution in [3.8, 4) is 0 Å². The summed E-state index contributed by atoms with van der Waals surface area (Å²) < 4.78 is 6.24. The minimum atomic E-state index is -0.483. The normalized spacial score (nSPS) is 14.5. The molecule has 0 aliphatic carbocycles. The van der Waals surface area contributed by atoms with Crippen LogP contribution in [0, 0.1) is 0 Å². The molecule has 1 aliphatic rings. The number of ether oxygens (including phenoxy) is 1. The second-order valence-electron chi connectivity index (χ2n) is 5.71. The Kier molecular flexibility index (Phi) is 3.87. The molecule has 19 heavy (non-hydrogen) atoms. The molecule has 5 heteroatoms. The Hall–Kier alpha value is -1.07. The molecule has 1 aromatic carbocycles. The second kappa shape index (κ2) is 5.13. The predicted octanol–water partition coefficient (Wildman–Crippen LogP) is 3.19. The molecule has 0 aromatic heterocycles. The maximum Gasteiger partial charge on any atom is 0.410 e. The van der Waals surface area contributed by atoms with Crippen molar-refractivity contribution in [3.63, 3.8) is 0 Å². The van der Waals surface area contributed by atoms with Crippen molar-refractivity contribution in [2.45, 2.75) is 46.1 Å². The molecule has 0 fully saturated rings. The summed E-state index contributed by atoms with van der Waals surface area (Å²) in [7, 11) is 0. The van der Waals surface area contributed by atoms with Crippen molar-refractivity contribution in [1.29, 1.82) is 0 Å². The predicted molar refractivity (Wildman–Crippen MR) is 75.5 cm³/mol. The Morgan fingerprint density at radius 1 is 1.37 bits per heavy atom. The van der Waals surface area contributed by atoms with Gasteiger partial charge in [-0.2, -0.15) is 0 Å². The first-order valence-corrected chi connectivity index (χ1v) is 6.98. The molecule has 104 valence electrons. The quantitative estimate of drug-likeness (QED) is 0.861. The zero-order valence-electron chi connectivity index (χ0n) is 11.4. The van der Waals surface area contributed by atoms with Crippen LogP contribution in [0.4, 0.5) is 4.79 Å². The van der Waals surface area contributed by atoms with E-state index in [1.165, 1.54) is 0 Å². The van der Waals surface area contributed by atoms with Crippen LogP contribution >= 0.6 is 15.9 Å². The number of benzene rings is 1. The highest BCUT2D eigenvalue weighted by molar-refractivity contribution is 9.10. The molecule has 0 atom stereocenters. The van der Waals surface area contributed by atoms with Gasteiger partial charge in [0.2, 0.25) is 0 Å². The number of halogens is 1. The zero-order chi connectivity index (χ0) is 14.2. The monoisotopic (exact) mass is 327 g/mol. The summed E-state index contributed by atoms with van der Waals surface area (Å²) in [5.41, 5.74) is 2.51. The van der Waals surface area contributed by atoms with E-state index in [9.17, 15) is 9.90 Å². The Morgan fingerprint density at radius 3 is 2.47 bits per heavy atom. The standard InChI is InChI=1S/C14H18BrNO3/c1-14(2,3)19-13(18)16-6-9-4-11(8-17)12(15)5-10(9)7-16/h4-5,17H,6-8H2,1-3H3. The highest BCUT2D eigenvalue weighted by Gasteiger charge is 2.28. The molecule has 1 heterocycles. The van der Waals surface area contributed by atoms with Gasteiger partial charge in [-0.05, 0) is 43.5 Å². The fourth-order valence-corrected chi connectivity index (χ4v) is 2.56. The summed E-state index contributed by atoms with van der Waals surface area (Å²) in [5, 5.41) is 9.24. The van der Waals surface area contributed by atoms with Gasteiger partial charge >= 0.3 is 6.09 Å². The van der Waals surface area contributed by atoms with Crippen molar-refractivity contribution >= 4 is 22.0 Å². The van der Waals surface area contributed by atoms with Gasteiger partial charge in [0.15, 0.2) is 0 Å². The van der Waals surface area contributed by atoms with Gasteiger partial charge in [0, 0.05) is 17.6 Å². The van der Waals surface area contributed by atoms with Crippen molar-refractivity contribution in [1.82, 2.24) is 4.90 Å². The summed E-state index contributed by atoms with van der Waals surface area (Å²) >= 11 is 3.42. The number of fused-ring (bicyclic) bond motifs is 1. The fraction of sp³-hybridized carbons (Fsp3) is 0.500. The molecule has 2 rings (SSSR count). The van der Waals surface area contributed by atoms with Crippen LogP contribution in [0.1, 0.15) is 37.5 Å². The topological polar surface area (TPSA) is 49.8 Å². The Labute approximate surface area is 121 Å². The third-order valence-corrected chi connectivity index (χ3v) is 3.65. The minimum absolute atomic E-state index is 0.0136. The zero-order valence-corrected chi connectivity index (χ0v) is 13.0. The summed E-state index contributed by atoms with van der Waals surface area (Å²) in [6, 6.07) is 3.90. The fourth-order valence-electron chi connectivity index (χ4n) is 2.05. The van der Waals surface area contributed by atoms with Gasteiger partial charge in [0.25, 0.3) is 0 Å². The van der Waals surface area contributed by atoms with Crippen molar-refractivity contribution < 1.29 is 14.6 Å². The van der Waals surface area contributed by atoms with E-state index < -0.39 is 5.60 Å². The van der Waals surface area contributed by atoms with E-state index in [1.54, 1.807) is 4.90 Å². The summed E-state index contributed by atoms with van der Waals surface area (Å²) in [5.74, 6) is 0. The lowest BCUT2D eigenvalue weighted by atomic mass is 10.1. The summed E-state index contributed by atoms with van der Waals surface area (Å²) in [4.78, 5) is 13.7. The number of hydrogen-bond acceptors (Lipinski definition) is 3. The van der Waals surface area contributed by atoms with Crippen LogP contribution in [0.2, 0.25) is 0 Å². The lowest BCUT2D eigenvalue weighted by molar-refractivity contribution is 0.0242. The molecule has 1 aliphatic heterocycles. The number of rotatable bonds is 1. The van der Waals surface area contributed by atoms with Crippen LogP contribution < -0.4 is 0 Å². The van der Waals surface area contributed by atoms with Crippen LogP contribution in [0.25, 0.3) is 0 Å². The van der Waals surface area contributed by atoms with E-state index in [1.807, 2.05) is 32.9 Å². The molecule has 0 unspecified atom stereocenters. The molecule has 4 nitrogen and oxygen atoms in total. The van der Waals surface area contributed by atoms with Gasteiger partial charge < -0.3 is 9.84 Å². The van der Waals surface area contributed by atoms with Gasteiger partial charge in [-0.15, -0.1) is 0 Å². The van der Waals surface area contributed by atoms with Crippen molar-refractivity contribution in [2.24, 2.45) is 0 Å². The van der Waals surface area contributed by atoms with Gasteiger partial charge in [-0.3, -0.25) is 4.90 Å². The molecule has 1 amide bonds. The smallest absolute Gasteiger partial charge is 0.410 e. The van der Waals surface area contributed by atoms with E-state index in [0.29, 0.717) is 13.1 Å². The van der Waals surface area contributed by atoms with Gasteiger partial charge in [0.05, 0.1) is 6.61 Å².